The van der Waals surface area contributed by atoms with Gasteiger partial charge in [0.25, 0.3) is 0 Å². The van der Waals surface area contributed by atoms with Crippen LogP contribution in [-0.2, 0) is 0 Å². The molecule has 1 N–H and O–H groups in total. The van der Waals surface area contributed by atoms with Crippen LogP contribution in [0.1, 0.15) is 16.7 Å². The number of nitrogens with one attached hydrogen (secondary N) is 1. The van der Waals surface area contributed by atoms with Crippen LogP contribution < -0.4 is 0 Å². The van der Waals surface area contributed by atoms with Crippen LogP contribution in [0.25, 0.3) is 22.4 Å². The van der Waals surface area contributed by atoms with Gasteiger partial charge in [0.15, 0.2) is 0 Å². The van der Waals surface area contributed by atoms with E-state index in [1.807, 2.05) is 24.3 Å². The normalized spacial score (nSPS) is 10.6. The number of H-pyrrole nitrogens is 1. The number of nitrogens with zero attached hydrogens (tertiary/aromatic N) is 2. The van der Waals surface area contributed by atoms with Crippen molar-refractivity contribution in [1.29, 1.82) is 5.26 Å². The van der Waals surface area contributed by atoms with Crippen LogP contribution in [-0.4, -0.2) is 9.97 Å². The van der Waals surface area contributed by atoms with E-state index in [4.69, 9.17) is 5.26 Å². The highest BCUT2D eigenvalue weighted by Gasteiger charge is 2.08. The fraction of sp³-hybridized carbons (Fsp3) is 0.125. The smallest absolute Gasteiger partial charge is 0.138 e. The van der Waals surface area contributed by atoms with Crippen LogP contribution >= 0.6 is 0 Å². The van der Waals surface area contributed by atoms with E-state index in [0.29, 0.717) is 5.56 Å². The van der Waals surface area contributed by atoms with E-state index in [-0.39, 0.29) is 0 Å². The topological polar surface area (TPSA) is 52.5 Å². The van der Waals surface area contributed by atoms with Gasteiger partial charge in [-0.05, 0) is 49.2 Å². The van der Waals surface area contributed by atoms with E-state index >= 15 is 0 Å². The molecule has 3 aromatic rings. The Morgan fingerprint density at radius 2 is 1.68 bits per heavy atom. The largest absolute Gasteiger partial charge is 0.338 e. The number of hydrogen-bond acceptors (Lipinski definition) is 2. The molecule has 0 amide bonds. The molecule has 2 aromatic carbocycles. The van der Waals surface area contributed by atoms with Gasteiger partial charge in [-0.15, -0.1) is 0 Å². The Morgan fingerprint density at radius 1 is 1.00 bits per heavy atom. The molecular weight excluding hydrogens is 234 g/mol. The highest BCUT2D eigenvalue weighted by Crippen LogP contribution is 2.25. The van der Waals surface area contributed by atoms with Gasteiger partial charge >= 0.3 is 0 Å². The zero-order valence-corrected chi connectivity index (χ0v) is 10.9. The first-order chi connectivity index (χ1) is 9.19. The van der Waals surface area contributed by atoms with Crippen molar-refractivity contribution in [2.75, 3.05) is 0 Å². The number of aromatic amines is 1. The number of nitriles is 1. The van der Waals surface area contributed by atoms with Gasteiger partial charge in [0.2, 0.25) is 0 Å². The van der Waals surface area contributed by atoms with Crippen LogP contribution in [0.15, 0.2) is 36.4 Å². The van der Waals surface area contributed by atoms with E-state index in [2.05, 4.69) is 42.0 Å². The first-order valence-electron chi connectivity index (χ1n) is 6.15. The summed E-state index contributed by atoms with van der Waals surface area (Å²) < 4.78 is 0. The second-order valence-corrected chi connectivity index (χ2v) is 4.70. The number of benzene rings is 2. The lowest BCUT2D eigenvalue weighted by Crippen LogP contribution is -1.81. The second-order valence-electron chi connectivity index (χ2n) is 4.70. The van der Waals surface area contributed by atoms with Crippen molar-refractivity contribution in [3.63, 3.8) is 0 Å². The average molecular weight is 247 g/mol. The Bertz CT molecular complexity index is 750. The maximum Gasteiger partial charge on any atom is 0.138 e. The van der Waals surface area contributed by atoms with E-state index in [0.717, 1.165) is 28.0 Å². The zero-order chi connectivity index (χ0) is 13.4. The summed E-state index contributed by atoms with van der Waals surface area (Å²) in [5.74, 6) is 0.844. The predicted octanol–water partition coefficient (Wildman–Crippen LogP) is 3.72. The average Bonchev–Trinajstić information content (AvgIpc) is 2.89. The Balaban J connectivity index is 2.18. The summed E-state index contributed by atoms with van der Waals surface area (Å²) in [4.78, 5) is 8.02. The summed E-state index contributed by atoms with van der Waals surface area (Å²) in [6, 6.07) is 13.8. The van der Waals surface area contributed by atoms with Crippen molar-refractivity contribution >= 4 is 11.0 Å². The summed E-state index contributed by atoms with van der Waals surface area (Å²) in [6.45, 7) is 4.13. The molecule has 0 saturated carbocycles. The molecule has 0 aliphatic carbocycles. The molecule has 3 heteroatoms. The van der Waals surface area contributed by atoms with Gasteiger partial charge in [-0.2, -0.15) is 5.26 Å². The van der Waals surface area contributed by atoms with Crippen LogP contribution in [0, 0.1) is 25.2 Å². The summed E-state index contributed by atoms with van der Waals surface area (Å²) in [5, 5.41) is 8.81. The Hall–Kier alpha value is -2.60. The SMILES string of the molecule is Cc1ccc(C)c2[nH]c(-c3ccc(C#N)cc3)nc12. The van der Waals surface area contributed by atoms with Crippen LogP contribution in [0.2, 0.25) is 0 Å². The zero-order valence-electron chi connectivity index (χ0n) is 10.9. The fourth-order valence-corrected chi connectivity index (χ4v) is 2.20. The number of hydrogen-bond donors (Lipinski definition) is 1. The third-order valence-corrected chi connectivity index (χ3v) is 3.34. The molecule has 92 valence electrons. The summed E-state index contributed by atoms with van der Waals surface area (Å²) >= 11 is 0. The highest BCUT2D eigenvalue weighted by molar-refractivity contribution is 5.85. The molecule has 1 heterocycles. The van der Waals surface area contributed by atoms with Crippen LogP contribution in [0.5, 0.6) is 0 Å². The van der Waals surface area contributed by atoms with Gasteiger partial charge in [-0.1, -0.05) is 12.1 Å². The lowest BCUT2D eigenvalue weighted by molar-refractivity contribution is 1.32. The van der Waals surface area contributed by atoms with E-state index in [1.165, 1.54) is 5.56 Å². The molecule has 0 unspecified atom stereocenters. The first-order valence-corrected chi connectivity index (χ1v) is 6.15. The Kier molecular flexibility index (Phi) is 2.57. The monoisotopic (exact) mass is 247 g/mol. The van der Waals surface area contributed by atoms with E-state index < -0.39 is 0 Å². The maximum atomic E-state index is 8.81. The molecule has 3 nitrogen and oxygen atoms in total. The van der Waals surface area contributed by atoms with Gasteiger partial charge in [0.05, 0.1) is 22.7 Å². The summed E-state index contributed by atoms with van der Waals surface area (Å²) in [7, 11) is 0. The minimum absolute atomic E-state index is 0.659. The first kappa shape index (κ1) is 11.5. The summed E-state index contributed by atoms with van der Waals surface area (Å²) in [5.41, 5.74) is 6.10. The van der Waals surface area contributed by atoms with Crippen molar-refractivity contribution in [2.24, 2.45) is 0 Å². The van der Waals surface area contributed by atoms with Gasteiger partial charge in [0, 0.05) is 5.56 Å². The van der Waals surface area contributed by atoms with Crippen molar-refractivity contribution in [2.45, 2.75) is 13.8 Å². The highest BCUT2D eigenvalue weighted by atomic mass is 14.9. The van der Waals surface area contributed by atoms with Crippen molar-refractivity contribution in [3.05, 3.63) is 53.1 Å². The third kappa shape index (κ3) is 1.88. The van der Waals surface area contributed by atoms with Crippen LogP contribution in [0.3, 0.4) is 0 Å². The molecule has 1 aromatic heterocycles. The molecule has 19 heavy (non-hydrogen) atoms. The Morgan fingerprint density at radius 3 is 2.32 bits per heavy atom. The second kappa shape index (κ2) is 4.25. The molecule has 0 atom stereocenters. The minimum Gasteiger partial charge on any atom is -0.338 e. The van der Waals surface area contributed by atoms with E-state index in [9.17, 15) is 0 Å². The number of imidazole rings is 1. The third-order valence-electron chi connectivity index (χ3n) is 3.34. The maximum absolute atomic E-state index is 8.81. The molecule has 0 fully saturated rings. The molecule has 0 bridgehead atoms. The molecule has 0 radical (unpaired) electrons. The molecule has 0 aliphatic rings. The minimum atomic E-state index is 0.659. The van der Waals surface area contributed by atoms with Crippen LogP contribution in [0.4, 0.5) is 0 Å². The summed E-state index contributed by atoms with van der Waals surface area (Å²) in [6.07, 6.45) is 0. The van der Waals surface area contributed by atoms with Gasteiger partial charge in [-0.25, -0.2) is 4.98 Å². The standard InChI is InChI=1S/C16H13N3/c1-10-3-4-11(2)15-14(10)18-16(19-15)13-7-5-12(9-17)6-8-13/h3-8H,1-2H3,(H,18,19). The van der Waals surface area contributed by atoms with Gasteiger partial charge in [0.1, 0.15) is 5.82 Å². The number of aryl methyl sites for hydroxylation is 2. The molecular formula is C16H13N3. The number of aromatic nitrogens is 2. The lowest BCUT2D eigenvalue weighted by atomic mass is 10.1. The fourth-order valence-electron chi connectivity index (χ4n) is 2.20. The van der Waals surface area contributed by atoms with Gasteiger partial charge in [-0.3, -0.25) is 0 Å². The van der Waals surface area contributed by atoms with Crippen molar-refractivity contribution < 1.29 is 0 Å². The van der Waals surface area contributed by atoms with Crippen molar-refractivity contribution in [1.82, 2.24) is 9.97 Å². The van der Waals surface area contributed by atoms with E-state index in [1.54, 1.807) is 0 Å². The Labute approximate surface area is 111 Å². The number of fused-ring (bicyclic) bond motifs is 1. The molecule has 0 spiro atoms. The predicted molar refractivity (Wildman–Crippen MR) is 75.7 cm³/mol. The molecule has 0 aliphatic heterocycles. The van der Waals surface area contributed by atoms with Gasteiger partial charge < -0.3 is 4.98 Å². The quantitative estimate of drug-likeness (QED) is 0.712. The van der Waals surface area contributed by atoms with Crippen molar-refractivity contribution in [3.8, 4) is 17.5 Å². The molecule has 0 saturated heterocycles. The lowest BCUT2D eigenvalue weighted by Gasteiger charge is -1.96. The number of rotatable bonds is 1. The molecule has 3 rings (SSSR count).